The van der Waals surface area contributed by atoms with Crippen LogP contribution in [0.5, 0.6) is 5.75 Å². The molecule has 6 nitrogen and oxygen atoms in total. The number of benzene rings is 1. The molecule has 0 amide bonds. The highest BCUT2D eigenvalue weighted by Crippen LogP contribution is 2.41. The highest BCUT2D eigenvalue weighted by molar-refractivity contribution is 5.37. The summed E-state index contributed by atoms with van der Waals surface area (Å²) in [6, 6.07) is 4.29. The SMILES string of the molecule is COc1ccc(C)cc1CN1CCC([C@@H]2C[C@H](C(F)(F)F)n3ncnc3N2)CC1. The number of piperidine rings is 1. The number of fused-ring (bicyclic) bond motifs is 1. The molecule has 3 heterocycles. The third-order valence-corrected chi connectivity index (χ3v) is 6.07. The average molecular weight is 409 g/mol. The van der Waals surface area contributed by atoms with Gasteiger partial charge in [-0.1, -0.05) is 17.7 Å². The van der Waals surface area contributed by atoms with Gasteiger partial charge in [-0.25, -0.2) is 4.68 Å². The first-order chi connectivity index (χ1) is 13.8. The van der Waals surface area contributed by atoms with Crippen LogP contribution in [0.3, 0.4) is 0 Å². The standard InChI is InChI=1S/C20H26F3N5O/c1-13-3-4-17(29-2)15(9-13)11-27-7-5-14(6-8-27)16-10-18(20(21,22)23)28-19(26-16)24-12-25-28/h3-4,9,12,14,16,18H,5-8,10-11H2,1-2H3,(H,24,25,26)/t16-,18+/m0/s1. The number of likely N-dealkylation sites (tertiary alicyclic amines) is 1. The summed E-state index contributed by atoms with van der Waals surface area (Å²) in [6.45, 7) is 4.54. The zero-order valence-electron chi connectivity index (χ0n) is 16.6. The van der Waals surface area contributed by atoms with Gasteiger partial charge in [-0.2, -0.15) is 23.3 Å². The molecule has 1 N–H and O–H groups in total. The van der Waals surface area contributed by atoms with E-state index in [9.17, 15) is 13.2 Å². The van der Waals surface area contributed by atoms with Crippen molar-refractivity contribution >= 4 is 5.95 Å². The van der Waals surface area contributed by atoms with Crippen LogP contribution >= 0.6 is 0 Å². The largest absolute Gasteiger partial charge is 0.496 e. The molecule has 2 aliphatic rings. The molecule has 1 saturated heterocycles. The number of halogens is 3. The van der Waals surface area contributed by atoms with E-state index in [2.05, 4.69) is 33.3 Å². The van der Waals surface area contributed by atoms with Gasteiger partial charge in [0.15, 0.2) is 6.04 Å². The lowest BCUT2D eigenvalue weighted by Crippen LogP contribution is -2.46. The number of aryl methyl sites for hydroxylation is 1. The number of hydrogen-bond acceptors (Lipinski definition) is 5. The van der Waals surface area contributed by atoms with Crippen LogP contribution in [0.15, 0.2) is 24.5 Å². The van der Waals surface area contributed by atoms with Gasteiger partial charge in [0.1, 0.15) is 12.1 Å². The summed E-state index contributed by atoms with van der Waals surface area (Å²) in [7, 11) is 1.67. The molecule has 0 aliphatic carbocycles. The predicted molar refractivity (Wildman–Crippen MR) is 103 cm³/mol. The number of nitrogens with zero attached hydrogens (tertiary/aromatic N) is 4. The van der Waals surface area contributed by atoms with Crippen molar-refractivity contribution in [3.05, 3.63) is 35.7 Å². The molecule has 9 heteroatoms. The normalized spacial score (nSPS) is 23.5. The first-order valence-electron chi connectivity index (χ1n) is 9.94. The van der Waals surface area contributed by atoms with E-state index < -0.39 is 12.2 Å². The molecular formula is C20H26F3N5O. The quantitative estimate of drug-likeness (QED) is 0.833. The van der Waals surface area contributed by atoms with Gasteiger partial charge in [0, 0.05) is 18.2 Å². The molecule has 0 unspecified atom stereocenters. The number of hydrogen-bond donors (Lipinski definition) is 1. The van der Waals surface area contributed by atoms with Crippen molar-refractivity contribution in [3.8, 4) is 5.75 Å². The Kier molecular flexibility index (Phi) is 5.42. The first-order valence-corrected chi connectivity index (χ1v) is 9.94. The average Bonchev–Trinajstić information content (AvgIpc) is 3.16. The number of rotatable bonds is 4. The minimum atomic E-state index is -4.33. The third-order valence-electron chi connectivity index (χ3n) is 6.07. The van der Waals surface area contributed by atoms with Crippen LogP contribution in [-0.2, 0) is 6.54 Å². The second-order valence-corrected chi connectivity index (χ2v) is 8.00. The van der Waals surface area contributed by atoms with Crippen LogP contribution in [0, 0.1) is 12.8 Å². The minimum Gasteiger partial charge on any atom is -0.496 e. The zero-order valence-corrected chi connectivity index (χ0v) is 16.6. The van der Waals surface area contributed by atoms with E-state index >= 15 is 0 Å². The second kappa shape index (κ2) is 7.85. The maximum atomic E-state index is 13.5. The molecule has 4 rings (SSSR count). The van der Waals surface area contributed by atoms with Crippen LogP contribution in [0.25, 0.3) is 0 Å². The smallest absolute Gasteiger partial charge is 0.411 e. The van der Waals surface area contributed by atoms with Gasteiger partial charge in [0.2, 0.25) is 5.95 Å². The topological polar surface area (TPSA) is 55.2 Å². The Bertz CT molecular complexity index is 845. The number of nitrogens with one attached hydrogen (secondary N) is 1. The lowest BCUT2D eigenvalue weighted by atomic mass is 9.85. The Labute approximate surface area is 168 Å². The molecule has 0 spiro atoms. The van der Waals surface area contributed by atoms with E-state index in [1.807, 2.05) is 12.1 Å². The molecule has 158 valence electrons. The molecule has 2 aliphatic heterocycles. The van der Waals surface area contributed by atoms with Gasteiger partial charge >= 0.3 is 6.18 Å². The molecular weight excluding hydrogens is 383 g/mol. The summed E-state index contributed by atoms with van der Waals surface area (Å²) in [5, 5.41) is 6.96. The third kappa shape index (κ3) is 4.19. The van der Waals surface area contributed by atoms with Gasteiger partial charge in [0.05, 0.1) is 7.11 Å². The molecule has 0 bridgehead atoms. The molecule has 2 aromatic rings. The van der Waals surface area contributed by atoms with Gasteiger partial charge in [-0.3, -0.25) is 4.90 Å². The van der Waals surface area contributed by atoms with Gasteiger partial charge in [-0.15, -0.1) is 0 Å². The highest BCUT2D eigenvalue weighted by atomic mass is 19.4. The van der Waals surface area contributed by atoms with Crippen LogP contribution in [-0.4, -0.2) is 52.1 Å². The minimum absolute atomic E-state index is 0.00374. The summed E-state index contributed by atoms with van der Waals surface area (Å²) in [6.07, 6.45) is -1.45. The van der Waals surface area contributed by atoms with Crippen molar-refractivity contribution < 1.29 is 17.9 Å². The molecule has 29 heavy (non-hydrogen) atoms. The summed E-state index contributed by atoms with van der Waals surface area (Å²) >= 11 is 0. The second-order valence-electron chi connectivity index (χ2n) is 8.00. The Morgan fingerprint density at radius 3 is 2.69 bits per heavy atom. The number of aromatic nitrogens is 3. The van der Waals surface area contributed by atoms with Crippen LogP contribution < -0.4 is 10.1 Å². The number of anilines is 1. The Morgan fingerprint density at radius 1 is 1.24 bits per heavy atom. The first kappa shape index (κ1) is 20.0. The fourth-order valence-corrected chi connectivity index (χ4v) is 4.51. The van der Waals surface area contributed by atoms with Crippen molar-refractivity contribution in [3.63, 3.8) is 0 Å². The monoisotopic (exact) mass is 409 g/mol. The van der Waals surface area contributed by atoms with Crippen molar-refractivity contribution in [2.45, 2.75) is 51.0 Å². The zero-order chi connectivity index (χ0) is 20.6. The Morgan fingerprint density at radius 2 is 2.00 bits per heavy atom. The van der Waals surface area contributed by atoms with E-state index in [1.54, 1.807) is 7.11 Å². The van der Waals surface area contributed by atoms with Crippen molar-refractivity contribution in [2.24, 2.45) is 5.92 Å². The Hall–Kier alpha value is -2.29. The number of ether oxygens (including phenoxy) is 1. The molecule has 1 aromatic carbocycles. The lowest BCUT2D eigenvalue weighted by Gasteiger charge is -2.40. The van der Waals surface area contributed by atoms with Crippen molar-refractivity contribution in [2.75, 3.05) is 25.5 Å². The number of alkyl halides is 3. The summed E-state index contributed by atoms with van der Waals surface area (Å²) in [5.41, 5.74) is 2.33. The fraction of sp³-hybridized carbons (Fsp3) is 0.600. The van der Waals surface area contributed by atoms with Crippen molar-refractivity contribution in [1.29, 1.82) is 0 Å². The Balaban J connectivity index is 1.40. The molecule has 1 fully saturated rings. The summed E-state index contributed by atoms with van der Waals surface area (Å²) in [4.78, 5) is 6.33. The molecule has 0 radical (unpaired) electrons. The van der Waals surface area contributed by atoms with Crippen LogP contribution in [0.2, 0.25) is 0 Å². The van der Waals surface area contributed by atoms with Gasteiger partial charge in [-0.05, 0) is 51.3 Å². The summed E-state index contributed by atoms with van der Waals surface area (Å²) < 4.78 is 47.0. The van der Waals surface area contributed by atoms with E-state index in [-0.39, 0.29) is 24.3 Å². The predicted octanol–water partition coefficient (Wildman–Crippen LogP) is 3.79. The molecule has 0 saturated carbocycles. The lowest BCUT2D eigenvalue weighted by molar-refractivity contribution is -0.174. The number of methoxy groups -OCH3 is 1. The van der Waals surface area contributed by atoms with Crippen LogP contribution in [0.4, 0.5) is 19.1 Å². The summed E-state index contributed by atoms with van der Waals surface area (Å²) in [5.74, 6) is 1.27. The van der Waals surface area contributed by atoms with E-state index in [1.165, 1.54) is 11.9 Å². The van der Waals surface area contributed by atoms with Crippen molar-refractivity contribution in [1.82, 2.24) is 19.7 Å². The van der Waals surface area contributed by atoms with Gasteiger partial charge in [0.25, 0.3) is 0 Å². The molecule has 2 atom stereocenters. The van der Waals surface area contributed by atoms with Crippen LogP contribution in [0.1, 0.15) is 36.4 Å². The molecule has 1 aromatic heterocycles. The maximum Gasteiger partial charge on any atom is 0.411 e. The fourth-order valence-electron chi connectivity index (χ4n) is 4.51. The van der Waals surface area contributed by atoms with E-state index in [4.69, 9.17) is 4.74 Å². The highest BCUT2D eigenvalue weighted by Gasteiger charge is 2.47. The van der Waals surface area contributed by atoms with Gasteiger partial charge < -0.3 is 10.1 Å². The maximum absolute atomic E-state index is 13.5. The van der Waals surface area contributed by atoms with E-state index in [0.29, 0.717) is 0 Å². The van der Waals surface area contributed by atoms with E-state index in [0.717, 1.165) is 48.5 Å².